The number of methoxy groups -OCH3 is 1. The number of nitrogens with zero attached hydrogens (tertiary/aromatic N) is 2. The van der Waals surface area contributed by atoms with Gasteiger partial charge in [0, 0.05) is 43.3 Å². The number of hydrogen-bond acceptors (Lipinski definition) is 6. The molecule has 1 fully saturated rings. The predicted octanol–water partition coefficient (Wildman–Crippen LogP) is 4.51. The Morgan fingerprint density at radius 1 is 1.09 bits per heavy atom. The maximum atomic E-state index is 13.9. The Labute approximate surface area is 203 Å². The van der Waals surface area contributed by atoms with Crippen molar-refractivity contribution in [3.8, 4) is 5.75 Å². The second kappa shape index (κ2) is 11.3. The van der Waals surface area contributed by atoms with E-state index in [4.69, 9.17) is 9.47 Å². The lowest BCUT2D eigenvalue weighted by atomic mass is 10.1. The molecule has 2 aromatic carbocycles. The Balaban J connectivity index is 1.37. The number of rotatable bonds is 8. The van der Waals surface area contributed by atoms with E-state index in [1.165, 1.54) is 19.2 Å². The lowest BCUT2D eigenvalue weighted by Crippen LogP contribution is -2.27. The highest BCUT2D eigenvalue weighted by Crippen LogP contribution is 2.27. The number of hydrogen-bond donors (Lipinski definition) is 2. The number of ether oxygens (including phenoxy) is 2. The van der Waals surface area contributed by atoms with E-state index < -0.39 is 11.9 Å². The summed E-state index contributed by atoms with van der Waals surface area (Å²) in [5, 5.41) is 5.50. The first-order valence-corrected chi connectivity index (χ1v) is 11.4. The Morgan fingerprint density at radius 2 is 1.91 bits per heavy atom. The van der Waals surface area contributed by atoms with Gasteiger partial charge >= 0.3 is 6.09 Å². The van der Waals surface area contributed by atoms with E-state index in [-0.39, 0.29) is 19.1 Å². The molecule has 0 unspecified atom stereocenters. The van der Waals surface area contributed by atoms with Gasteiger partial charge in [0.1, 0.15) is 18.2 Å². The van der Waals surface area contributed by atoms with Crippen LogP contribution in [0, 0.1) is 5.82 Å². The van der Waals surface area contributed by atoms with Crippen molar-refractivity contribution in [1.82, 2.24) is 10.3 Å². The molecular weight excluding hydrogens is 451 g/mol. The molecule has 0 saturated carbocycles. The first-order valence-electron chi connectivity index (χ1n) is 11.4. The van der Waals surface area contributed by atoms with Gasteiger partial charge in [-0.15, -0.1) is 0 Å². The van der Waals surface area contributed by atoms with E-state index >= 15 is 0 Å². The molecule has 1 aliphatic rings. The van der Waals surface area contributed by atoms with Crippen molar-refractivity contribution in [3.63, 3.8) is 0 Å². The summed E-state index contributed by atoms with van der Waals surface area (Å²) in [5.41, 5.74) is 3.01. The monoisotopic (exact) mass is 478 g/mol. The van der Waals surface area contributed by atoms with Crippen LogP contribution in [0.4, 0.5) is 20.6 Å². The number of halogens is 1. The van der Waals surface area contributed by atoms with Crippen molar-refractivity contribution in [2.45, 2.75) is 26.0 Å². The third-order valence-electron chi connectivity index (χ3n) is 5.70. The molecule has 1 saturated heterocycles. The third-order valence-corrected chi connectivity index (χ3v) is 5.70. The van der Waals surface area contributed by atoms with E-state index in [1.807, 2.05) is 6.07 Å². The zero-order valence-corrected chi connectivity index (χ0v) is 19.4. The number of benzene rings is 2. The molecule has 8 nitrogen and oxygen atoms in total. The highest BCUT2D eigenvalue weighted by Gasteiger charge is 2.20. The normalized spacial score (nSPS) is 12.8. The van der Waals surface area contributed by atoms with Gasteiger partial charge in [0.05, 0.1) is 18.4 Å². The molecule has 2 N–H and O–H groups in total. The fourth-order valence-electron chi connectivity index (χ4n) is 3.93. The molecule has 0 spiro atoms. The van der Waals surface area contributed by atoms with Crippen LogP contribution in [0.3, 0.4) is 0 Å². The van der Waals surface area contributed by atoms with Crippen LogP contribution in [0.5, 0.6) is 5.75 Å². The van der Waals surface area contributed by atoms with E-state index in [2.05, 4.69) is 20.5 Å². The van der Waals surface area contributed by atoms with Gasteiger partial charge in [0.25, 0.3) is 5.91 Å². The number of nitrogens with one attached hydrogen (secondary N) is 2. The van der Waals surface area contributed by atoms with Gasteiger partial charge in [-0.2, -0.15) is 0 Å². The number of pyridine rings is 1. The quantitative estimate of drug-likeness (QED) is 0.495. The molecule has 0 aliphatic carbocycles. The Bertz CT molecular complexity index is 1180. The summed E-state index contributed by atoms with van der Waals surface area (Å²) in [7, 11) is 1.49. The lowest BCUT2D eigenvalue weighted by molar-refractivity contribution is 0.0951. The molecule has 2 amide bonds. The molecule has 1 aliphatic heterocycles. The molecule has 9 heteroatoms. The van der Waals surface area contributed by atoms with E-state index in [1.54, 1.807) is 42.7 Å². The van der Waals surface area contributed by atoms with Gasteiger partial charge in [-0.3, -0.25) is 15.1 Å². The van der Waals surface area contributed by atoms with Crippen LogP contribution in [0.25, 0.3) is 0 Å². The maximum Gasteiger partial charge on any atom is 0.412 e. The molecule has 1 aromatic heterocycles. The summed E-state index contributed by atoms with van der Waals surface area (Å²) in [5.74, 6) is -0.393. The molecule has 4 rings (SSSR count). The topological polar surface area (TPSA) is 92.8 Å². The number of carbonyl (C=O) groups excluding carboxylic acids is 2. The zero-order valence-electron chi connectivity index (χ0n) is 19.4. The van der Waals surface area contributed by atoms with Gasteiger partial charge in [0.15, 0.2) is 0 Å². The second-order valence-corrected chi connectivity index (χ2v) is 8.14. The van der Waals surface area contributed by atoms with Crippen molar-refractivity contribution in [1.29, 1.82) is 0 Å². The Morgan fingerprint density at radius 3 is 2.66 bits per heavy atom. The fourth-order valence-corrected chi connectivity index (χ4v) is 3.93. The van der Waals surface area contributed by atoms with Crippen molar-refractivity contribution in [2.75, 3.05) is 30.4 Å². The SMILES string of the molecule is COc1cc(CNC(=O)c2cc(F)ccc2N2CCCC2)ccc1NC(=O)OCc1cccnc1. The molecule has 0 atom stereocenters. The standard InChI is InChI=1S/C26H27FN4O4/c1-34-24-13-18(6-8-22(24)30-26(33)35-17-19-5-4-10-28-15-19)16-29-25(32)21-14-20(27)7-9-23(21)31-11-2-3-12-31/h4-10,13-15H,2-3,11-12,16-17H2,1H3,(H,29,32)(H,30,33). The molecule has 0 bridgehead atoms. The molecule has 3 aromatic rings. The smallest absolute Gasteiger partial charge is 0.412 e. The van der Waals surface area contributed by atoms with E-state index in [0.29, 0.717) is 17.0 Å². The third kappa shape index (κ3) is 6.26. The Kier molecular flexibility index (Phi) is 7.77. The first-order chi connectivity index (χ1) is 17.0. The summed E-state index contributed by atoms with van der Waals surface area (Å²) >= 11 is 0. The summed E-state index contributed by atoms with van der Waals surface area (Å²) in [6.45, 7) is 1.99. The van der Waals surface area contributed by atoms with Crippen LogP contribution < -0.4 is 20.3 Å². The number of anilines is 2. The average molecular weight is 479 g/mol. The van der Waals surface area contributed by atoms with Gasteiger partial charge < -0.3 is 19.7 Å². The fraction of sp³-hybridized carbons (Fsp3) is 0.269. The minimum atomic E-state index is -0.631. The molecule has 35 heavy (non-hydrogen) atoms. The minimum absolute atomic E-state index is 0.0889. The maximum absolute atomic E-state index is 13.9. The predicted molar refractivity (Wildman–Crippen MR) is 130 cm³/mol. The summed E-state index contributed by atoms with van der Waals surface area (Å²) < 4.78 is 24.5. The first kappa shape index (κ1) is 24.0. The number of aromatic nitrogens is 1. The van der Waals surface area contributed by atoms with Crippen molar-refractivity contribution in [3.05, 3.63) is 83.4 Å². The molecule has 182 valence electrons. The van der Waals surface area contributed by atoms with Gasteiger partial charge in [-0.1, -0.05) is 12.1 Å². The highest BCUT2D eigenvalue weighted by molar-refractivity contribution is 6.00. The van der Waals surface area contributed by atoms with Crippen LogP contribution >= 0.6 is 0 Å². The van der Waals surface area contributed by atoms with Crippen molar-refractivity contribution >= 4 is 23.4 Å². The number of amides is 2. The minimum Gasteiger partial charge on any atom is -0.495 e. The van der Waals surface area contributed by atoms with Crippen LogP contribution in [0.15, 0.2) is 60.9 Å². The summed E-state index contributed by atoms with van der Waals surface area (Å²) in [6.07, 6.45) is 4.73. The molecule has 0 radical (unpaired) electrons. The van der Waals surface area contributed by atoms with Gasteiger partial charge in [-0.25, -0.2) is 9.18 Å². The van der Waals surface area contributed by atoms with Crippen LogP contribution in [0.1, 0.15) is 34.3 Å². The van der Waals surface area contributed by atoms with Crippen molar-refractivity contribution < 1.29 is 23.5 Å². The highest BCUT2D eigenvalue weighted by atomic mass is 19.1. The van der Waals surface area contributed by atoms with E-state index in [0.717, 1.165) is 42.7 Å². The molecule has 2 heterocycles. The molecular formula is C26H27FN4O4. The summed E-state index contributed by atoms with van der Waals surface area (Å²) in [4.78, 5) is 31.1. The van der Waals surface area contributed by atoms with Crippen molar-refractivity contribution in [2.24, 2.45) is 0 Å². The largest absolute Gasteiger partial charge is 0.495 e. The van der Waals surface area contributed by atoms with E-state index in [9.17, 15) is 14.0 Å². The lowest BCUT2D eigenvalue weighted by Gasteiger charge is -2.21. The van der Waals surface area contributed by atoms with Crippen LogP contribution in [0.2, 0.25) is 0 Å². The van der Waals surface area contributed by atoms with Gasteiger partial charge in [-0.05, 0) is 54.8 Å². The second-order valence-electron chi connectivity index (χ2n) is 8.14. The summed E-state index contributed by atoms with van der Waals surface area (Å²) in [6, 6.07) is 13.0. The van der Waals surface area contributed by atoms with Crippen LogP contribution in [-0.2, 0) is 17.9 Å². The Hall–Kier alpha value is -4.14. The zero-order chi connectivity index (χ0) is 24.6. The van der Waals surface area contributed by atoms with Crippen LogP contribution in [-0.4, -0.2) is 37.2 Å². The van der Waals surface area contributed by atoms with Gasteiger partial charge in [0.2, 0.25) is 0 Å². The average Bonchev–Trinajstić information content (AvgIpc) is 3.42. The number of carbonyl (C=O) groups is 2.